The first-order valence-electron chi connectivity index (χ1n) is 5.78. The third-order valence-electron chi connectivity index (χ3n) is 2.74. The Bertz CT molecular complexity index is 562. The molecule has 0 aliphatic heterocycles. The average Bonchev–Trinajstić information content (AvgIpc) is 2.82. The minimum atomic E-state index is -0.609. The van der Waals surface area contributed by atoms with Crippen LogP contribution in [0.2, 0.25) is 0 Å². The average molecular weight is 260 g/mol. The zero-order valence-corrected chi connectivity index (χ0v) is 10.8. The number of nitrogens with one attached hydrogen (secondary N) is 1. The molecule has 1 heterocycles. The summed E-state index contributed by atoms with van der Waals surface area (Å²) < 4.78 is 6.70. The Kier molecular flexibility index (Phi) is 3.70. The summed E-state index contributed by atoms with van der Waals surface area (Å²) in [7, 11) is 3.39. The van der Waals surface area contributed by atoms with Gasteiger partial charge in [0.2, 0.25) is 5.91 Å². The predicted octanol–water partition coefficient (Wildman–Crippen LogP) is 1.07. The van der Waals surface area contributed by atoms with Crippen molar-refractivity contribution in [2.45, 2.75) is 6.04 Å². The number of carbonyl (C=O) groups excluding carboxylic acids is 1. The second-order valence-electron chi connectivity index (χ2n) is 4.16. The monoisotopic (exact) mass is 260 g/mol. The molecule has 19 heavy (non-hydrogen) atoms. The van der Waals surface area contributed by atoms with E-state index in [0.717, 1.165) is 17.0 Å². The molecule has 0 radical (unpaired) electrons. The van der Waals surface area contributed by atoms with Gasteiger partial charge in [-0.25, -0.2) is 0 Å². The van der Waals surface area contributed by atoms with Crippen LogP contribution in [0.5, 0.6) is 5.75 Å². The van der Waals surface area contributed by atoms with Gasteiger partial charge >= 0.3 is 0 Å². The van der Waals surface area contributed by atoms with Gasteiger partial charge in [0.1, 0.15) is 11.8 Å². The van der Waals surface area contributed by atoms with Crippen LogP contribution in [0, 0.1) is 0 Å². The van der Waals surface area contributed by atoms with E-state index in [1.54, 1.807) is 31.2 Å². The highest BCUT2D eigenvalue weighted by molar-refractivity contribution is 5.84. The van der Waals surface area contributed by atoms with Crippen molar-refractivity contribution in [2.75, 3.05) is 12.4 Å². The highest BCUT2D eigenvalue weighted by Gasteiger charge is 2.19. The summed E-state index contributed by atoms with van der Waals surface area (Å²) in [6, 6.07) is 6.66. The lowest BCUT2D eigenvalue weighted by Crippen LogP contribution is -2.27. The minimum absolute atomic E-state index is 0.455. The third kappa shape index (κ3) is 3.04. The van der Waals surface area contributed by atoms with Crippen LogP contribution >= 0.6 is 0 Å². The summed E-state index contributed by atoms with van der Waals surface area (Å²) in [5.74, 6) is 0.298. The van der Waals surface area contributed by atoms with E-state index in [9.17, 15) is 4.79 Å². The van der Waals surface area contributed by atoms with Crippen molar-refractivity contribution in [2.24, 2.45) is 12.8 Å². The van der Waals surface area contributed by atoms with E-state index < -0.39 is 11.9 Å². The smallest absolute Gasteiger partial charge is 0.244 e. The zero-order chi connectivity index (χ0) is 13.8. The molecule has 0 aliphatic carbocycles. The summed E-state index contributed by atoms with van der Waals surface area (Å²) in [5, 5.41) is 7.11. The fourth-order valence-electron chi connectivity index (χ4n) is 1.76. The Morgan fingerprint density at radius 3 is 2.58 bits per heavy atom. The second-order valence-corrected chi connectivity index (χ2v) is 4.16. The molecule has 1 amide bonds. The largest absolute Gasteiger partial charge is 0.497 e. The highest BCUT2D eigenvalue weighted by Crippen LogP contribution is 2.21. The number of hydrogen-bond acceptors (Lipinski definition) is 4. The number of amides is 1. The fraction of sp³-hybridized carbons (Fsp3) is 0.231. The normalized spacial score (nSPS) is 11.9. The summed E-state index contributed by atoms with van der Waals surface area (Å²) in [4.78, 5) is 11.5. The number of ether oxygens (including phenoxy) is 1. The first-order valence-corrected chi connectivity index (χ1v) is 5.78. The molecule has 0 bridgehead atoms. The van der Waals surface area contributed by atoms with E-state index in [1.807, 2.05) is 24.3 Å². The number of rotatable bonds is 5. The summed E-state index contributed by atoms with van der Waals surface area (Å²) >= 11 is 0. The molecule has 0 saturated carbocycles. The van der Waals surface area contributed by atoms with Crippen LogP contribution in [0.1, 0.15) is 11.6 Å². The first-order chi connectivity index (χ1) is 9.10. The van der Waals surface area contributed by atoms with Crippen molar-refractivity contribution in [3.05, 3.63) is 42.2 Å². The first kappa shape index (κ1) is 12.9. The molecule has 2 aromatic rings. The molecule has 0 spiro atoms. The van der Waals surface area contributed by atoms with Gasteiger partial charge in [-0.1, -0.05) is 0 Å². The van der Waals surface area contributed by atoms with Gasteiger partial charge in [-0.2, -0.15) is 5.10 Å². The summed E-state index contributed by atoms with van der Waals surface area (Å²) in [6.45, 7) is 0. The van der Waals surface area contributed by atoms with Crippen molar-refractivity contribution < 1.29 is 9.53 Å². The second kappa shape index (κ2) is 5.43. The number of nitrogens with two attached hydrogens (primary N) is 1. The molecule has 2 rings (SSSR count). The van der Waals surface area contributed by atoms with Crippen LogP contribution in [-0.2, 0) is 11.8 Å². The quantitative estimate of drug-likeness (QED) is 0.842. The Morgan fingerprint density at radius 1 is 1.42 bits per heavy atom. The van der Waals surface area contributed by atoms with E-state index in [1.165, 1.54) is 0 Å². The summed E-state index contributed by atoms with van der Waals surface area (Å²) in [5.41, 5.74) is 6.93. The molecular weight excluding hydrogens is 244 g/mol. The third-order valence-corrected chi connectivity index (χ3v) is 2.74. The number of benzene rings is 1. The number of nitrogens with zero attached hydrogens (tertiary/aromatic N) is 2. The molecule has 3 N–H and O–H groups in total. The van der Waals surface area contributed by atoms with Gasteiger partial charge in [0.15, 0.2) is 0 Å². The van der Waals surface area contributed by atoms with Gasteiger partial charge in [0.05, 0.1) is 13.3 Å². The van der Waals surface area contributed by atoms with Gasteiger partial charge in [0, 0.05) is 24.5 Å². The van der Waals surface area contributed by atoms with E-state index in [4.69, 9.17) is 10.5 Å². The maximum absolute atomic E-state index is 11.5. The van der Waals surface area contributed by atoms with Gasteiger partial charge < -0.3 is 15.8 Å². The Labute approximate surface area is 111 Å². The lowest BCUT2D eigenvalue weighted by atomic mass is 10.1. The van der Waals surface area contributed by atoms with Crippen molar-refractivity contribution in [3.63, 3.8) is 0 Å². The van der Waals surface area contributed by atoms with Crippen molar-refractivity contribution in [3.8, 4) is 5.75 Å². The number of aromatic nitrogens is 2. The summed E-state index contributed by atoms with van der Waals surface area (Å²) in [6.07, 6.45) is 3.37. The molecule has 1 unspecified atom stereocenters. The molecule has 100 valence electrons. The molecule has 6 nitrogen and oxygen atoms in total. The van der Waals surface area contributed by atoms with Crippen LogP contribution in [0.3, 0.4) is 0 Å². The number of anilines is 1. The molecule has 1 aromatic heterocycles. The highest BCUT2D eigenvalue weighted by atomic mass is 16.5. The lowest BCUT2D eigenvalue weighted by molar-refractivity contribution is -0.118. The Hall–Kier alpha value is -2.50. The van der Waals surface area contributed by atoms with E-state index in [0.29, 0.717) is 0 Å². The van der Waals surface area contributed by atoms with Crippen LogP contribution in [0.25, 0.3) is 0 Å². The van der Waals surface area contributed by atoms with Crippen molar-refractivity contribution in [1.29, 1.82) is 0 Å². The molecular formula is C13H16N4O2. The minimum Gasteiger partial charge on any atom is -0.497 e. The number of methoxy groups -OCH3 is 1. The molecule has 0 saturated heterocycles. The van der Waals surface area contributed by atoms with Gasteiger partial charge in [-0.15, -0.1) is 0 Å². The topological polar surface area (TPSA) is 82.2 Å². The van der Waals surface area contributed by atoms with E-state index >= 15 is 0 Å². The maximum Gasteiger partial charge on any atom is 0.244 e. The van der Waals surface area contributed by atoms with Crippen LogP contribution in [0.15, 0.2) is 36.7 Å². The van der Waals surface area contributed by atoms with Crippen LogP contribution in [-0.4, -0.2) is 22.8 Å². The standard InChI is InChI=1S/C13H16N4O2/c1-17-8-9(7-15-17)12(13(14)18)16-10-3-5-11(19-2)6-4-10/h3-8,12,16H,1-2H3,(H2,14,18). The molecule has 1 atom stereocenters. The fourth-order valence-corrected chi connectivity index (χ4v) is 1.76. The van der Waals surface area contributed by atoms with Crippen molar-refractivity contribution in [1.82, 2.24) is 9.78 Å². The van der Waals surface area contributed by atoms with Crippen LogP contribution in [0.4, 0.5) is 5.69 Å². The molecule has 0 aliphatic rings. The number of aryl methyl sites for hydroxylation is 1. The maximum atomic E-state index is 11.5. The molecule has 6 heteroatoms. The van der Waals surface area contributed by atoms with Gasteiger partial charge in [0.25, 0.3) is 0 Å². The zero-order valence-electron chi connectivity index (χ0n) is 10.8. The number of carbonyl (C=O) groups is 1. The van der Waals surface area contributed by atoms with Gasteiger partial charge in [-0.05, 0) is 24.3 Å². The molecule has 0 fully saturated rings. The van der Waals surface area contributed by atoms with E-state index in [2.05, 4.69) is 10.4 Å². The lowest BCUT2D eigenvalue weighted by Gasteiger charge is -2.15. The van der Waals surface area contributed by atoms with E-state index in [-0.39, 0.29) is 0 Å². The number of primary amides is 1. The Morgan fingerprint density at radius 2 is 2.11 bits per heavy atom. The van der Waals surface area contributed by atoms with Crippen molar-refractivity contribution >= 4 is 11.6 Å². The van der Waals surface area contributed by atoms with Crippen LogP contribution < -0.4 is 15.8 Å². The molecule has 1 aromatic carbocycles. The van der Waals surface area contributed by atoms with Gasteiger partial charge in [-0.3, -0.25) is 9.48 Å². The Balaban J connectivity index is 2.18. The predicted molar refractivity (Wildman–Crippen MR) is 71.8 cm³/mol. The SMILES string of the molecule is COc1ccc(NC(C(N)=O)c2cnn(C)c2)cc1. The number of hydrogen-bond donors (Lipinski definition) is 2.